The van der Waals surface area contributed by atoms with Gasteiger partial charge in [-0.2, -0.15) is 0 Å². The molecule has 0 saturated carbocycles. The van der Waals surface area contributed by atoms with Crippen molar-refractivity contribution in [1.82, 2.24) is 19.9 Å². The van der Waals surface area contributed by atoms with Crippen LogP contribution in [0.15, 0.2) is 47.9 Å². The van der Waals surface area contributed by atoms with Crippen molar-refractivity contribution in [3.8, 4) is 11.3 Å². The summed E-state index contributed by atoms with van der Waals surface area (Å²) in [5, 5.41) is 4.05. The number of para-hydroxylation sites is 1. The molecule has 0 fully saturated rings. The molecule has 23 heavy (non-hydrogen) atoms. The second-order valence-corrected chi connectivity index (χ2v) is 6.05. The first-order chi connectivity index (χ1) is 11.3. The minimum Gasteiger partial charge on any atom is -0.324 e. The number of anilines is 2. The predicted molar refractivity (Wildman–Crippen MR) is 92.0 cm³/mol. The first-order valence-corrected chi connectivity index (χ1v) is 8.64. The van der Waals surface area contributed by atoms with Gasteiger partial charge in [0.2, 0.25) is 5.95 Å². The van der Waals surface area contributed by atoms with Crippen molar-refractivity contribution in [2.75, 3.05) is 11.6 Å². The third-order valence-corrected chi connectivity index (χ3v) is 4.37. The largest absolute Gasteiger partial charge is 0.324 e. The van der Waals surface area contributed by atoms with Gasteiger partial charge in [-0.25, -0.2) is 19.9 Å². The van der Waals surface area contributed by atoms with Gasteiger partial charge in [0.05, 0.1) is 11.4 Å². The number of rotatable bonds is 3. The maximum atomic E-state index is 4.70. The lowest BCUT2D eigenvalue weighted by atomic mass is 9.95. The Morgan fingerprint density at radius 3 is 2.70 bits per heavy atom. The number of aromatic nitrogens is 4. The number of thioether (sulfide) groups is 1. The smallest absolute Gasteiger partial charge is 0.227 e. The fourth-order valence-electron chi connectivity index (χ4n) is 2.67. The van der Waals surface area contributed by atoms with E-state index in [0.717, 1.165) is 46.2 Å². The number of benzene rings is 1. The fourth-order valence-corrected chi connectivity index (χ4v) is 3.03. The van der Waals surface area contributed by atoms with Gasteiger partial charge >= 0.3 is 0 Å². The molecule has 0 bridgehead atoms. The number of fused-ring (bicyclic) bond motifs is 3. The molecule has 1 aliphatic rings. The molecule has 1 aromatic carbocycles. The van der Waals surface area contributed by atoms with Crippen LogP contribution in [0.25, 0.3) is 11.3 Å². The first kappa shape index (κ1) is 14.1. The molecule has 0 spiro atoms. The summed E-state index contributed by atoms with van der Waals surface area (Å²) < 4.78 is 0. The van der Waals surface area contributed by atoms with Gasteiger partial charge in [0.1, 0.15) is 0 Å². The van der Waals surface area contributed by atoms with Crippen molar-refractivity contribution in [2.45, 2.75) is 18.0 Å². The lowest BCUT2D eigenvalue weighted by Gasteiger charge is -2.18. The van der Waals surface area contributed by atoms with Crippen LogP contribution in [0.4, 0.5) is 11.6 Å². The maximum absolute atomic E-state index is 4.70. The predicted octanol–water partition coefficient (Wildman–Crippen LogP) is 3.50. The van der Waals surface area contributed by atoms with Gasteiger partial charge in [-0.15, -0.1) is 0 Å². The molecule has 2 heterocycles. The average molecular weight is 321 g/mol. The third-order valence-electron chi connectivity index (χ3n) is 3.81. The second kappa shape index (κ2) is 5.96. The van der Waals surface area contributed by atoms with E-state index in [2.05, 4.69) is 20.3 Å². The summed E-state index contributed by atoms with van der Waals surface area (Å²) in [6, 6.07) is 9.92. The SMILES string of the molecule is CSc1ncc2c(n1)CCc1cnc(Nc3ccccc3)nc1-2. The monoisotopic (exact) mass is 321 g/mol. The number of hydrogen-bond acceptors (Lipinski definition) is 6. The van der Waals surface area contributed by atoms with Crippen LogP contribution < -0.4 is 5.32 Å². The standard InChI is InChI=1S/C17H15N5S/c1-23-17-19-10-13-14(21-17)8-7-11-9-18-16(22-15(11)13)20-12-5-3-2-4-6-12/h2-6,9-10H,7-8H2,1H3,(H,18,20,22). The van der Waals surface area contributed by atoms with Crippen molar-refractivity contribution in [3.05, 3.63) is 54.0 Å². The zero-order chi connectivity index (χ0) is 15.6. The summed E-state index contributed by atoms with van der Waals surface area (Å²) in [6.07, 6.45) is 7.60. The zero-order valence-electron chi connectivity index (χ0n) is 12.7. The fraction of sp³-hybridized carbons (Fsp3) is 0.176. The molecular formula is C17H15N5S. The third kappa shape index (κ3) is 2.77. The Morgan fingerprint density at radius 2 is 1.87 bits per heavy atom. The molecule has 6 heteroatoms. The van der Waals surface area contributed by atoms with Crippen molar-refractivity contribution in [2.24, 2.45) is 0 Å². The molecule has 0 unspecified atom stereocenters. The van der Waals surface area contributed by atoms with Gasteiger partial charge in [-0.3, -0.25) is 0 Å². The Hall–Kier alpha value is -2.47. The van der Waals surface area contributed by atoms with Crippen molar-refractivity contribution in [3.63, 3.8) is 0 Å². The van der Waals surface area contributed by atoms with E-state index in [9.17, 15) is 0 Å². The Labute approximate surface area is 138 Å². The quantitative estimate of drug-likeness (QED) is 0.588. The molecule has 114 valence electrons. The van der Waals surface area contributed by atoms with Gasteiger partial charge in [-0.1, -0.05) is 30.0 Å². The normalized spacial score (nSPS) is 12.4. The maximum Gasteiger partial charge on any atom is 0.227 e. The average Bonchev–Trinajstić information content (AvgIpc) is 2.62. The summed E-state index contributed by atoms with van der Waals surface area (Å²) in [5.74, 6) is 0.594. The molecule has 0 radical (unpaired) electrons. The summed E-state index contributed by atoms with van der Waals surface area (Å²) in [4.78, 5) is 18.1. The van der Waals surface area contributed by atoms with Crippen LogP contribution in [0.2, 0.25) is 0 Å². The Kier molecular flexibility index (Phi) is 3.67. The van der Waals surface area contributed by atoms with E-state index in [1.165, 1.54) is 0 Å². The molecule has 1 N–H and O–H groups in total. The minimum absolute atomic E-state index is 0.594. The summed E-state index contributed by atoms with van der Waals surface area (Å²) in [7, 11) is 0. The minimum atomic E-state index is 0.594. The zero-order valence-corrected chi connectivity index (χ0v) is 13.5. The van der Waals surface area contributed by atoms with Crippen LogP contribution in [0.3, 0.4) is 0 Å². The molecule has 0 aliphatic heterocycles. The second-order valence-electron chi connectivity index (χ2n) is 5.28. The van der Waals surface area contributed by atoms with Crippen LogP contribution in [0, 0.1) is 0 Å². The molecular weight excluding hydrogens is 306 g/mol. The van der Waals surface area contributed by atoms with Gasteiger partial charge in [-0.05, 0) is 36.8 Å². The van der Waals surface area contributed by atoms with Crippen molar-refractivity contribution < 1.29 is 0 Å². The molecule has 0 atom stereocenters. The van der Waals surface area contributed by atoms with E-state index < -0.39 is 0 Å². The summed E-state index contributed by atoms with van der Waals surface area (Å²) >= 11 is 1.56. The van der Waals surface area contributed by atoms with E-state index >= 15 is 0 Å². The molecule has 1 aliphatic carbocycles. The van der Waals surface area contributed by atoms with Gasteiger partial charge in [0.15, 0.2) is 5.16 Å². The van der Waals surface area contributed by atoms with Crippen LogP contribution in [-0.4, -0.2) is 26.2 Å². The summed E-state index contributed by atoms with van der Waals surface area (Å²) in [5.41, 5.74) is 5.14. The van der Waals surface area contributed by atoms with Crippen LogP contribution in [0.5, 0.6) is 0 Å². The highest BCUT2D eigenvalue weighted by atomic mass is 32.2. The molecule has 3 aromatic rings. The van der Waals surface area contributed by atoms with Crippen molar-refractivity contribution >= 4 is 23.4 Å². The number of aryl methyl sites for hydroxylation is 2. The van der Waals surface area contributed by atoms with Gasteiger partial charge < -0.3 is 5.32 Å². The van der Waals surface area contributed by atoms with Crippen LogP contribution >= 0.6 is 11.8 Å². The highest BCUT2D eigenvalue weighted by Crippen LogP contribution is 2.31. The highest BCUT2D eigenvalue weighted by molar-refractivity contribution is 7.98. The molecule has 0 saturated heterocycles. The van der Waals surface area contributed by atoms with E-state index in [-0.39, 0.29) is 0 Å². The lowest BCUT2D eigenvalue weighted by molar-refractivity contribution is 0.821. The number of hydrogen-bond donors (Lipinski definition) is 1. The lowest BCUT2D eigenvalue weighted by Crippen LogP contribution is -2.11. The number of nitrogens with zero attached hydrogens (tertiary/aromatic N) is 4. The molecule has 5 nitrogen and oxygen atoms in total. The Balaban J connectivity index is 1.72. The van der Waals surface area contributed by atoms with E-state index in [1.54, 1.807) is 11.8 Å². The topological polar surface area (TPSA) is 63.6 Å². The van der Waals surface area contributed by atoms with E-state index in [1.807, 2.05) is 49.0 Å². The Bertz CT molecular complexity index is 851. The first-order valence-electron chi connectivity index (χ1n) is 7.42. The Morgan fingerprint density at radius 1 is 1.00 bits per heavy atom. The molecule has 2 aromatic heterocycles. The van der Waals surface area contributed by atoms with Crippen molar-refractivity contribution in [1.29, 1.82) is 0 Å². The van der Waals surface area contributed by atoms with Gasteiger partial charge in [0, 0.05) is 23.6 Å². The number of nitrogens with one attached hydrogen (secondary N) is 1. The van der Waals surface area contributed by atoms with Gasteiger partial charge in [0.25, 0.3) is 0 Å². The van der Waals surface area contributed by atoms with Crippen LogP contribution in [0.1, 0.15) is 11.3 Å². The molecule has 4 rings (SSSR count). The van der Waals surface area contributed by atoms with E-state index in [4.69, 9.17) is 4.98 Å². The van der Waals surface area contributed by atoms with E-state index in [0.29, 0.717) is 5.95 Å². The highest BCUT2D eigenvalue weighted by Gasteiger charge is 2.20. The van der Waals surface area contributed by atoms with Crippen LogP contribution in [-0.2, 0) is 12.8 Å². The summed E-state index contributed by atoms with van der Waals surface area (Å²) in [6.45, 7) is 0. The molecule has 0 amide bonds.